The number of carbonyl (C=O) groups excluding carboxylic acids is 2. The van der Waals surface area contributed by atoms with Crippen molar-refractivity contribution < 1.29 is 19.1 Å². The molecule has 0 aliphatic heterocycles. The van der Waals surface area contributed by atoms with Crippen LogP contribution in [0.4, 0.5) is 4.79 Å². The lowest BCUT2D eigenvalue weighted by atomic mass is 10.1. The Hall–Kier alpha value is -2.24. The quantitative estimate of drug-likeness (QED) is 0.790. The van der Waals surface area contributed by atoms with Crippen molar-refractivity contribution in [3.8, 4) is 5.75 Å². The second kappa shape index (κ2) is 8.84. The van der Waals surface area contributed by atoms with E-state index in [2.05, 4.69) is 29.4 Å². The van der Waals surface area contributed by atoms with Crippen molar-refractivity contribution in [1.82, 2.24) is 10.9 Å². The molecule has 0 bridgehead atoms. The molecule has 0 aliphatic rings. The SMILES string of the molecule is CCOC(=O)NNC(=O)c1ccc(OCCC(C)C)cc1. The normalized spacial score (nSPS) is 10.1. The summed E-state index contributed by atoms with van der Waals surface area (Å²) in [4.78, 5) is 22.8. The molecule has 6 nitrogen and oxygen atoms in total. The third-order valence-electron chi connectivity index (χ3n) is 2.63. The number of hydrogen-bond donors (Lipinski definition) is 2. The number of amides is 2. The molecule has 0 unspecified atom stereocenters. The lowest BCUT2D eigenvalue weighted by Crippen LogP contribution is -2.41. The van der Waals surface area contributed by atoms with Gasteiger partial charge in [0.1, 0.15) is 5.75 Å². The van der Waals surface area contributed by atoms with Crippen LogP contribution >= 0.6 is 0 Å². The molecule has 0 aliphatic carbocycles. The number of carbonyl (C=O) groups is 2. The van der Waals surface area contributed by atoms with Gasteiger partial charge in [0.25, 0.3) is 5.91 Å². The van der Waals surface area contributed by atoms with Gasteiger partial charge in [0, 0.05) is 5.56 Å². The van der Waals surface area contributed by atoms with Gasteiger partial charge in [0.2, 0.25) is 0 Å². The molecule has 0 aromatic heterocycles. The van der Waals surface area contributed by atoms with Crippen LogP contribution in [-0.2, 0) is 4.74 Å². The van der Waals surface area contributed by atoms with Gasteiger partial charge >= 0.3 is 6.09 Å². The van der Waals surface area contributed by atoms with Crippen molar-refractivity contribution in [2.45, 2.75) is 27.2 Å². The van der Waals surface area contributed by atoms with Crippen molar-refractivity contribution in [3.05, 3.63) is 29.8 Å². The van der Waals surface area contributed by atoms with Gasteiger partial charge in [-0.05, 0) is 43.5 Å². The Kier molecular flexibility index (Phi) is 7.08. The van der Waals surface area contributed by atoms with Crippen molar-refractivity contribution in [2.24, 2.45) is 5.92 Å². The van der Waals surface area contributed by atoms with Crippen molar-refractivity contribution in [2.75, 3.05) is 13.2 Å². The molecule has 0 spiro atoms. The maximum atomic E-state index is 11.7. The smallest absolute Gasteiger partial charge is 0.426 e. The summed E-state index contributed by atoms with van der Waals surface area (Å²) in [6.07, 6.45) is 0.283. The third kappa shape index (κ3) is 6.65. The molecule has 6 heteroatoms. The Morgan fingerprint density at radius 3 is 2.38 bits per heavy atom. The Labute approximate surface area is 124 Å². The molecule has 1 aromatic rings. The second-order valence-electron chi connectivity index (χ2n) is 4.85. The first kappa shape index (κ1) is 16.8. The highest BCUT2D eigenvalue weighted by Crippen LogP contribution is 2.13. The zero-order valence-electron chi connectivity index (χ0n) is 12.6. The van der Waals surface area contributed by atoms with Crippen molar-refractivity contribution in [1.29, 1.82) is 0 Å². The van der Waals surface area contributed by atoms with Gasteiger partial charge in [-0.3, -0.25) is 10.2 Å². The van der Waals surface area contributed by atoms with E-state index in [0.29, 0.717) is 23.8 Å². The van der Waals surface area contributed by atoms with Crippen LogP contribution in [0.3, 0.4) is 0 Å². The van der Waals surface area contributed by atoms with Crippen LogP contribution in [-0.4, -0.2) is 25.2 Å². The van der Waals surface area contributed by atoms with Gasteiger partial charge in [-0.2, -0.15) is 0 Å². The average Bonchev–Trinajstić information content (AvgIpc) is 2.45. The summed E-state index contributed by atoms with van der Waals surface area (Å²) in [5.41, 5.74) is 4.83. The van der Waals surface area contributed by atoms with Crippen LogP contribution in [0.2, 0.25) is 0 Å². The van der Waals surface area contributed by atoms with Crippen LogP contribution in [0.25, 0.3) is 0 Å². The average molecular weight is 294 g/mol. The molecule has 21 heavy (non-hydrogen) atoms. The van der Waals surface area contributed by atoms with Crippen LogP contribution in [0.1, 0.15) is 37.6 Å². The first-order chi connectivity index (χ1) is 10.0. The van der Waals surface area contributed by atoms with Crippen LogP contribution in [0, 0.1) is 5.92 Å². The van der Waals surface area contributed by atoms with Gasteiger partial charge in [-0.25, -0.2) is 10.2 Å². The van der Waals surface area contributed by atoms with E-state index in [1.807, 2.05) is 0 Å². The largest absolute Gasteiger partial charge is 0.494 e. The molecular weight excluding hydrogens is 272 g/mol. The summed E-state index contributed by atoms with van der Waals surface area (Å²) < 4.78 is 10.2. The number of hydrazine groups is 1. The minimum absolute atomic E-state index is 0.240. The third-order valence-corrected chi connectivity index (χ3v) is 2.63. The summed E-state index contributed by atoms with van der Waals surface area (Å²) in [5.74, 6) is 0.881. The van der Waals surface area contributed by atoms with E-state index in [9.17, 15) is 9.59 Å². The molecule has 0 fully saturated rings. The van der Waals surface area contributed by atoms with E-state index in [1.54, 1.807) is 31.2 Å². The Balaban J connectivity index is 2.42. The van der Waals surface area contributed by atoms with E-state index in [1.165, 1.54) is 0 Å². The minimum Gasteiger partial charge on any atom is -0.494 e. The van der Waals surface area contributed by atoms with Crippen molar-refractivity contribution >= 4 is 12.0 Å². The molecule has 116 valence electrons. The van der Waals surface area contributed by atoms with Gasteiger partial charge in [-0.15, -0.1) is 0 Å². The van der Waals surface area contributed by atoms with Crippen molar-refractivity contribution in [3.63, 3.8) is 0 Å². The second-order valence-corrected chi connectivity index (χ2v) is 4.85. The molecule has 2 N–H and O–H groups in total. The molecule has 2 amide bonds. The van der Waals surface area contributed by atoms with Gasteiger partial charge in [-0.1, -0.05) is 13.8 Å². The maximum absolute atomic E-state index is 11.7. The van der Waals surface area contributed by atoms with Crippen LogP contribution < -0.4 is 15.6 Å². The first-order valence-electron chi connectivity index (χ1n) is 6.99. The first-order valence-corrected chi connectivity index (χ1v) is 6.99. The molecule has 0 heterocycles. The molecule has 0 saturated carbocycles. The minimum atomic E-state index is -0.695. The molecule has 0 atom stereocenters. The molecular formula is C15H22N2O4. The standard InChI is InChI=1S/C15H22N2O4/c1-4-20-15(19)17-16-14(18)12-5-7-13(8-6-12)21-10-9-11(2)3/h5-8,11H,4,9-10H2,1-3H3,(H,16,18)(H,17,19). The van der Waals surface area contributed by atoms with E-state index in [4.69, 9.17) is 4.74 Å². The molecule has 1 aromatic carbocycles. The highest BCUT2D eigenvalue weighted by Gasteiger charge is 2.07. The van der Waals surface area contributed by atoms with Crippen LogP contribution in [0.5, 0.6) is 5.75 Å². The summed E-state index contributed by atoms with van der Waals surface area (Å²) in [6.45, 7) is 6.83. The predicted octanol–water partition coefficient (Wildman–Crippen LogP) is 2.50. The zero-order valence-corrected chi connectivity index (χ0v) is 12.6. The summed E-state index contributed by atoms with van der Waals surface area (Å²) in [6, 6.07) is 6.71. The number of nitrogens with one attached hydrogen (secondary N) is 2. The molecule has 0 saturated heterocycles. The fourth-order valence-electron chi connectivity index (χ4n) is 1.46. The van der Waals surface area contributed by atoms with E-state index in [0.717, 1.165) is 6.42 Å². The lowest BCUT2D eigenvalue weighted by molar-refractivity contribution is 0.0912. The van der Waals surface area contributed by atoms with E-state index in [-0.39, 0.29) is 6.61 Å². The number of benzene rings is 1. The number of rotatable bonds is 6. The number of ether oxygens (including phenoxy) is 2. The molecule has 1 rings (SSSR count). The summed E-state index contributed by atoms with van der Waals surface area (Å²) in [5, 5.41) is 0. The fraction of sp³-hybridized carbons (Fsp3) is 0.467. The van der Waals surface area contributed by atoms with Gasteiger partial charge < -0.3 is 9.47 Å². The summed E-state index contributed by atoms with van der Waals surface area (Å²) in [7, 11) is 0. The van der Waals surface area contributed by atoms with Crippen LogP contribution in [0.15, 0.2) is 24.3 Å². The zero-order chi connectivity index (χ0) is 15.7. The van der Waals surface area contributed by atoms with E-state index < -0.39 is 12.0 Å². The fourth-order valence-corrected chi connectivity index (χ4v) is 1.46. The van der Waals surface area contributed by atoms with Gasteiger partial charge in [0.05, 0.1) is 13.2 Å². The summed E-state index contributed by atoms with van der Waals surface area (Å²) >= 11 is 0. The molecule has 0 radical (unpaired) electrons. The predicted molar refractivity (Wildman–Crippen MR) is 79.0 cm³/mol. The maximum Gasteiger partial charge on any atom is 0.426 e. The monoisotopic (exact) mass is 294 g/mol. The highest BCUT2D eigenvalue weighted by atomic mass is 16.6. The lowest BCUT2D eigenvalue weighted by Gasteiger charge is -2.09. The Bertz CT molecular complexity index is 457. The highest BCUT2D eigenvalue weighted by molar-refractivity contribution is 5.95. The Morgan fingerprint density at radius 1 is 1.14 bits per heavy atom. The van der Waals surface area contributed by atoms with Gasteiger partial charge in [0.15, 0.2) is 0 Å². The Morgan fingerprint density at radius 2 is 1.81 bits per heavy atom. The van der Waals surface area contributed by atoms with E-state index >= 15 is 0 Å². The topological polar surface area (TPSA) is 76.7 Å². The number of hydrogen-bond acceptors (Lipinski definition) is 4.